The molecule has 0 aliphatic carbocycles. The van der Waals surface area contributed by atoms with Crippen molar-refractivity contribution in [1.29, 1.82) is 5.26 Å². The highest BCUT2D eigenvalue weighted by atomic mass is 15.0. The van der Waals surface area contributed by atoms with Crippen molar-refractivity contribution in [3.63, 3.8) is 0 Å². The molecule has 0 aliphatic heterocycles. The third kappa shape index (κ3) is 2.43. The maximum atomic E-state index is 8.98. The van der Waals surface area contributed by atoms with Crippen molar-refractivity contribution in [2.24, 2.45) is 0 Å². The highest BCUT2D eigenvalue weighted by Crippen LogP contribution is 2.20. The van der Waals surface area contributed by atoms with Crippen molar-refractivity contribution in [1.82, 2.24) is 9.97 Å². The van der Waals surface area contributed by atoms with E-state index in [9.17, 15) is 0 Å². The second-order valence-electron chi connectivity index (χ2n) is 4.54. The van der Waals surface area contributed by atoms with Gasteiger partial charge in [-0.2, -0.15) is 5.26 Å². The molecule has 2 heterocycles. The van der Waals surface area contributed by atoms with Gasteiger partial charge in [0.1, 0.15) is 5.82 Å². The van der Waals surface area contributed by atoms with E-state index in [1.807, 2.05) is 37.3 Å². The monoisotopic (exact) mass is 260 g/mol. The molecule has 0 radical (unpaired) electrons. The van der Waals surface area contributed by atoms with Gasteiger partial charge in [0.25, 0.3) is 0 Å². The number of nitrogens with one attached hydrogen (secondary N) is 1. The van der Waals surface area contributed by atoms with Gasteiger partial charge in [-0.3, -0.25) is 4.98 Å². The Balaban J connectivity index is 1.97. The summed E-state index contributed by atoms with van der Waals surface area (Å²) in [6, 6.07) is 15.5. The maximum absolute atomic E-state index is 8.98. The van der Waals surface area contributed by atoms with Gasteiger partial charge in [0.15, 0.2) is 0 Å². The van der Waals surface area contributed by atoms with Crippen molar-refractivity contribution in [2.45, 2.75) is 6.92 Å². The predicted molar refractivity (Wildman–Crippen MR) is 78.7 cm³/mol. The number of anilines is 2. The van der Waals surface area contributed by atoms with Crippen molar-refractivity contribution in [2.75, 3.05) is 5.32 Å². The van der Waals surface area contributed by atoms with Crippen LogP contribution < -0.4 is 5.32 Å². The SMILES string of the molecule is Cc1cc(C#N)cc(Nc2cnc3ccccc3c2)n1. The molecular weight excluding hydrogens is 248 g/mol. The summed E-state index contributed by atoms with van der Waals surface area (Å²) in [6.07, 6.45) is 1.76. The van der Waals surface area contributed by atoms with Gasteiger partial charge in [-0.05, 0) is 31.2 Å². The van der Waals surface area contributed by atoms with E-state index in [0.717, 1.165) is 22.3 Å². The van der Waals surface area contributed by atoms with Crippen LogP contribution in [-0.2, 0) is 0 Å². The number of nitrogens with zero attached hydrogens (tertiary/aromatic N) is 3. The molecule has 3 aromatic rings. The first-order valence-corrected chi connectivity index (χ1v) is 6.25. The second kappa shape index (κ2) is 4.98. The predicted octanol–water partition coefficient (Wildman–Crippen LogP) is 3.55. The molecule has 0 bridgehead atoms. The summed E-state index contributed by atoms with van der Waals surface area (Å²) in [4.78, 5) is 8.75. The summed E-state index contributed by atoms with van der Waals surface area (Å²) in [5, 5.41) is 13.2. The molecule has 1 aromatic carbocycles. The molecule has 3 rings (SSSR count). The second-order valence-corrected chi connectivity index (χ2v) is 4.54. The standard InChI is InChI=1S/C16H12N4/c1-11-6-12(9-17)7-16(19-11)20-14-8-13-4-2-3-5-15(13)18-10-14/h2-8,10H,1H3,(H,19,20). The topological polar surface area (TPSA) is 61.6 Å². The number of rotatable bonds is 2. The number of fused-ring (bicyclic) bond motifs is 1. The molecule has 0 fully saturated rings. The van der Waals surface area contributed by atoms with Crippen molar-refractivity contribution in [3.8, 4) is 6.07 Å². The van der Waals surface area contributed by atoms with Crippen LogP contribution in [0.15, 0.2) is 48.7 Å². The van der Waals surface area contributed by atoms with Crippen LogP contribution in [0.1, 0.15) is 11.3 Å². The van der Waals surface area contributed by atoms with Gasteiger partial charge in [-0.1, -0.05) is 18.2 Å². The summed E-state index contributed by atoms with van der Waals surface area (Å²) in [5.74, 6) is 0.652. The average molecular weight is 260 g/mol. The maximum Gasteiger partial charge on any atom is 0.131 e. The van der Waals surface area contributed by atoms with Crippen LogP contribution in [0, 0.1) is 18.3 Å². The number of hydrogen-bond acceptors (Lipinski definition) is 4. The molecular formula is C16H12N4. The summed E-state index contributed by atoms with van der Waals surface area (Å²) in [6.45, 7) is 1.87. The molecule has 0 spiro atoms. The van der Waals surface area contributed by atoms with Crippen LogP contribution in [0.3, 0.4) is 0 Å². The van der Waals surface area contributed by atoms with Crippen LogP contribution in [0.25, 0.3) is 10.9 Å². The van der Waals surface area contributed by atoms with Gasteiger partial charge >= 0.3 is 0 Å². The van der Waals surface area contributed by atoms with Crippen LogP contribution in [0.5, 0.6) is 0 Å². The first kappa shape index (κ1) is 12.1. The molecule has 4 heteroatoms. The number of benzene rings is 1. The van der Waals surface area contributed by atoms with Crippen LogP contribution in [-0.4, -0.2) is 9.97 Å². The molecule has 0 atom stereocenters. The van der Waals surface area contributed by atoms with E-state index in [2.05, 4.69) is 21.4 Å². The first-order valence-electron chi connectivity index (χ1n) is 6.25. The number of para-hydroxylation sites is 1. The number of aryl methyl sites for hydroxylation is 1. The molecule has 0 saturated carbocycles. The minimum atomic E-state index is 0.591. The molecule has 20 heavy (non-hydrogen) atoms. The fourth-order valence-corrected chi connectivity index (χ4v) is 2.08. The zero-order valence-corrected chi connectivity index (χ0v) is 11.0. The van der Waals surface area contributed by atoms with Gasteiger partial charge < -0.3 is 5.32 Å². The van der Waals surface area contributed by atoms with Crippen LogP contribution >= 0.6 is 0 Å². The Morgan fingerprint density at radius 1 is 1.15 bits per heavy atom. The fraction of sp³-hybridized carbons (Fsp3) is 0.0625. The normalized spacial score (nSPS) is 10.2. The quantitative estimate of drug-likeness (QED) is 0.765. The Labute approximate surface area is 116 Å². The third-order valence-electron chi connectivity index (χ3n) is 2.95. The number of aromatic nitrogens is 2. The van der Waals surface area contributed by atoms with E-state index < -0.39 is 0 Å². The summed E-state index contributed by atoms with van der Waals surface area (Å²) in [7, 11) is 0. The van der Waals surface area contributed by atoms with Gasteiger partial charge in [-0.25, -0.2) is 4.98 Å². The Bertz CT molecular complexity index is 818. The van der Waals surface area contributed by atoms with E-state index in [-0.39, 0.29) is 0 Å². The van der Waals surface area contributed by atoms with Crippen molar-refractivity contribution in [3.05, 3.63) is 59.9 Å². The van der Waals surface area contributed by atoms with Gasteiger partial charge in [0, 0.05) is 11.1 Å². The lowest BCUT2D eigenvalue weighted by Gasteiger charge is -2.07. The molecule has 0 amide bonds. The van der Waals surface area contributed by atoms with Gasteiger partial charge in [-0.15, -0.1) is 0 Å². The first-order chi connectivity index (χ1) is 9.74. The highest BCUT2D eigenvalue weighted by Gasteiger charge is 2.02. The van der Waals surface area contributed by atoms with E-state index in [4.69, 9.17) is 5.26 Å². The van der Waals surface area contributed by atoms with E-state index in [1.54, 1.807) is 18.3 Å². The molecule has 4 nitrogen and oxygen atoms in total. The minimum absolute atomic E-state index is 0.591. The molecule has 0 aliphatic rings. The molecule has 2 aromatic heterocycles. The Morgan fingerprint density at radius 2 is 2.00 bits per heavy atom. The molecule has 1 N–H and O–H groups in total. The van der Waals surface area contributed by atoms with E-state index in [1.165, 1.54) is 0 Å². The smallest absolute Gasteiger partial charge is 0.131 e. The number of hydrogen-bond donors (Lipinski definition) is 1. The van der Waals surface area contributed by atoms with Gasteiger partial charge in [0.05, 0.1) is 29.0 Å². The van der Waals surface area contributed by atoms with Crippen LogP contribution in [0.4, 0.5) is 11.5 Å². The number of pyridine rings is 2. The lowest BCUT2D eigenvalue weighted by molar-refractivity contribution is 1.19. The largest absolute Gasteiger partial charge is 0.339 e. The zero-order valence-electron chi connectivity index (χ0n) is 11.0. The zero-order chi connectivity index (χ0) is 13.9. The minimum Gasteiger partial charge on any atom is -0.339 e. The fourth-order valence-electron chi connectivity index (χ4n) is 2.08. The summed E-state index contributed by atoms with van der Waals surface area (Å²) in [5.41, 5.74) is 3.20. The Kier molecular flexibility index (Phi) is 3.02. The molecule has 96 valence electrons. The Hall–Kier alpha value is -2.93. The van der Waals surface area contributed by atoms with Crippen molar-refractivity contribution >= 4 is 22.4 Å². The van der Waals surface area contributed by atoms with Crippen LogP contribution in [0.2, 0.25) is 0 Å². The number of nitriles is 1. The lowest BCUT2D eigenvalue weighted by Crippen LogP contribution is -1.96. The van der Waals surface area contributed by atoms with Gasteiger partial charge in [0.2, 0.25) is 0 Å². The lowest BCUT2D eigenvalue weighted by atomic mass is 10.2. The van der Waals surface area contributed by atoms with E-state index in [0.29, 0.717) is 11.4 Å². The summed E-state index contributed by atoms with van der Waals surface area (Å²) < 4.78 is 0. The highest BCUT2D eigenvalue weighted by molar-refractivity contribution is 5.82. The van der Waals surface area contributed by atoms with E-state index >= 15 is 0 Å². The summed E-state index contributed by atoms with van der Waals surface area (Å²) >= 11 is 0. The molecule has 0 saturated heterocycles. The van der Waals surface area contributed by atoms with Crippen molar-refractivity contribution < 1.29 is 0 Å². The third-order valence-corrected chi connectivity index (χ3v) is 2.95. The molecule has 0 unspecified atom stereocenters. The Morgan fingerprint density at radius 3 is 2.85 bits per heavy atom. The average Bonchev–Trinajstić information content (AvgIpc) is 2.46.